The summed E-state index contributed by atoms with van der Waals surface area (Å²) in [5.41, 5.74) is 8.34. The summed E-state index contributed by atoms with van der Waals surface area (Å²) in [7, 11) is 0. The number of esters is 1. The summed E-state index contributed by atoms with van der Waals surface area (Å²) in [5, 5.41) is 3.16. The zero-order chi connectivity index (χ0) is 15.4. The fraction of sp³-hybridized carbons (Fsp3) is 0.200. The van der Waals surface area contributed by atoms with Crippen molar-refractivity contribution in [3.05, 3.63) is 46.1 Å². The second-order valence-electron chi connectivity index (χ2n) is 4.49. The Bertz CT molecular complexity index is 674. The summed E-state index contributed by atoms with van der Waals surface area (Å²) in [4.78, 5) is 16.0. The average Bonchev–Trinajstić information content (AvgIpc) is 2.45. The first-order chi connectivity index (χ1) is 10.0. The van der Waals surface area contributed by atoms with Crippen molar-refractivity contribution in [1.82, 2.24) is 4.98 Å². The minimum absolute atomic E-state index is 0.294. The van der Waals surface area contributed by atoms with Gasteiger partial charge >= 0.3 is 5.97 Å². The van der Waals surface area contributed by atoms with Crippen molar-refractivity contribution in [2.24, 2.45) is 0 Å². The van der Waals surface area contributed by atoms with Crippen molar-refractivity contribution in [3.63, 3.8) is 0 Å². The molecule has 0 aliphatic rings. The number of rotatable bonds is 4. The summed E-state index contributed by atoms with van der Waals surface area (Å²) in [5.74, 6) is 0.0716. The molecule has 0 fully saturated rings. The first-order valence-electron chi connectivity index (χ1n) is 6.47. The van der Waals surface area contributed by atoms with Crippen molar-refractivity contribution >= 4 is 39.1 Å². The van der Waals surface area contributed by atoms with Crippen molar-refractivity contribution < 1.29 is 9.53 Å². The van der Waals surface area contributed by atoms with Gasteiger partial charge in [0.1, 0.15) is 5.82 Å². The highest BCUT2D eigenvalue weighted by atomic mass is 79.9. The van der Waals surface area contributed by atoms with Gasteiger partial charge in [-0.25, -0.2) is 9.78 Å². The Morgan fingerprint density at radius 3 is 2.90 bits per heavy atom. The molecule has 0 amide bonds. The van der Waals surface area contributed by atoms with Crippen molar-refractivity contribution in [3.8, 4) is 0 Å². The summed E-state index contributed by atoms with van der Waals surface area (Å²) >= 11 is 3.47. The maximum Gasteiger partial charge on any atom is 0.340 e. The van der Waals surface area contributed by atoms with E-state index in [1.165, 1.54) is 6.20 Å². The fourth-order valence-electron chi connectivity index (χ4n) is 1.79. The number of halogens is 1. The number of ether oxygens (including phenoxy) is 1. The van der Waals surface area contributed by atoms with Gasteiger partial charge in [0.15, 0.2) is 0 Å². The van der Waals surface area contributed by atoms with Gasteiger partial charge < -0.3 is 15.8 Å². The van der Waals surface area contributed by atoms with Gasteiger partial charge in [0.2, 0.25) is 0 Å². The van der Waals surface area contributed by atoms with Crippen LogP contribution in [0.4, 0.5) is 17.2 Å². The third-order valence-electron chi connectivity index (χ3n) is 2.81. The second kappa shape index (κ2) is 6.58. The van der Waals surface area contributed by atoms with E-state index in [1.807, 2.05) is 25.1 Å². The van der Waals surface area contributed by atoms with Crippen LogP contribution in [0, 0.1) is 6.92 Å². The number of carbonyl (C=O) groups is 1. The van der Waals surface area contributed by atoms with Crippen molar-refractivity contribution in [2.75, 3.05) is 17.7 Å². The van der Waals surface area contributed by atoms with Crippen LogP contribution in [0.15, 0.2) is 34.9 Å². The van der Waals surface area contributed by atoms with E-state index in [0.717, 1.165) is 15.7 Å². The molecule has 5 nitrogen and oxygen atoms in total. The lowest BCUT2D eigenvalue weighted by atomic mass is 10.2. The first-order valence-corrected chi connectivity index (χ1v) is 7.26. The zero-order valence-corrected chi connectivity index (χ0v) is 13.4. The fourth-order valence-corrected chi connectivity index (χ4v) is 2.14. The number of pyridine rings is 1. The van der Waals surface area contributed by atoms with Gasteiger partial charge in [-0.3, -0.25) is 0 Å². The monoisotopic (exact) mass is 349 g/mol. The summed E-state index contributed by atoms with van der Waals surface area (Å²) < 4.78 is 5.88. The maximum atomic E-state index is 11.8. The average molecular weight is 350 g/mol. The maximum absolute atomic E-state index is 11.8. The molecule has 1 aromatic carbocycles. The SMILES string of the molecule is CCOC(=O)c1cc(Nc2cc(C)ccc2Br)ncc1N. The predicted octanol–water partition coefficient (Wildman–Crippen LogP) is 3.66. The Kier molecular flexibility index (Phi) is 4.80. The van der Waals surface area contributed by atoms with E-state index in [1.54, 1.807) is 13.0 Å². The molecule has 0 saturated heterocycles. The molecule has 0 aliphatic carbocycles. The zero-order valence-electron chi connectivity index (χ0n) is 11.8. The van der Waals surface area contributed by atoms with Crippen LogP contribution in [0.3, 0.4) is 0 Å². The van der Waals surface area contributed by atoms with Gasteiger partial charge in [-0.05, 0) is 53.5 Å². The molecule has 6 heteroatoms. The number of aromatic nitrogens is 1. The molecule has 0 radical (unpaired) electrons. The largest absolute Gasteiger partial charge is 0.462 e. The van der Waals surface area contributed by atoms with E-state index in [4.69, 9.17) is 10.5 Å². The number of nitrogens with two attached hydrogens (primary N) is 1. The standard InChI is InChI=1S/C15H16BrN3O2/c1-3-21-15(20)10-7-14(18-8-12(10)17)19-13-6-9(2)4-5-11(13)16/h4-8H,3,17H2,1-2H3,(H,18,19). The molecule has 0 spiro atoms. The van der Waals surface area contributed by atoms with E-state index in [-0.39, 0.29) is 0 Å². The van der Waals surface area contributed by atoms with Gasteiger partial charge in [-0.2, -0.15) is 0 Å². The van der Waals surface area contributed by atoms with Gasteiger partial charge in [-0.1, -0.05) is 6.07 Å². The van der Waals surface area contributed by atoms with Crippen LogP contribution in [0.2, 0.25) is 0 Å². The molecule has 0 saturated carbocycles. The van der Waals surface area contributed by atoms with Gasteiger partial charge in [0, 0.05) is 4.47 Å². The third kappa shape index (κ3) is 3.72. The highest BCUT2D eigenvalue weighted by Gasteiger charge is 2.13. The van der Waals surface area contributed by atoms with Crippen LogP contribution in [-0.2, 0) is 4.74 Å². The lowest BCUT2D eigenvalue weighted by Gasteiger charge is -2.11. The Balaban J connectivity index is 2.31. The van der Waals surface area contributed by atoms with E-state index >= 15 is 0 Å². The molecule has 1 heterocycles. The molecule has 2 rings (SSSR count). The van der Waals surface area contributed by atoms with Crippen LogP contribution in [0.1, 0.15) is 22.8 Å². The van der Waals surface area contributed by atoms with Crippen LogP contribution in [-0.4, -0.2) is 17.6 Å². The number of nitrogen functional groups attached to an aromatic ring is 1. The third-order valence-corrected chi connectivity index (χ3v) is 3.51. The molecular formula is C15H16BrN3O2. The smallest absolute Gasteiger partial charge is 0.340 e. The Morgan fingerprint density at radius 1 is 1.43 bits per heavy atom. The molecule has 2 aromatic rings. The lowest BCUT2D eigenvalue weighted by Crippen LogP contribution is -2.09. The number of hydrogen-bond donors (Lipinski definition) is 2. The van der Waals surface area contributed by atoms with Gasteiger partial charge in [-0.15, -0.1) is 0 Å². The number of nitrogens with one attached hydrogen (secondary N) is 1. The van der Waals surface area contributed by atoms with E-state index in [0.29, 0.717) is 23.7 Å². The predicted molar refractivity (Wildman–Crippen MR) is 86.8 cm³/mol. The number of nitrogens with zero attached hydrogens (tertiary/aromatic N) is 1. The van der Waals surface area contributed by atoms with Crippen molar-refractivity contribution in [2.45, 2.75) is 13.8 Å². The van der Waals surface area contributed by atoms with E-state index < -0.39 is 5.97 Å². The quantitative estimate of drug-likeness (QED) is 0.823. The molecule has 0 unspecified atom stereocenters. The molecule has 0 bridgehead atoms. The van der Waals surface area contributed by atoms with Crippen LogP contribution < -0.4 is 11.1 Å². The second-order valence-corrected chi connectivity index (χ2v) is 5.34. The topological polar surface area (TPSA) is 77.2 Å². The number of aryl methyl sites for hydroxylation is 1. The molecule has 1 aromatic heterocycles. The van der Waals surface area contributed by atoms with Crippen LogP contribution >= 0.6 is 15.9 Å². The molecule has 0 atom stereocenters. The highest BCUT2D eigenvalue weighted by molar-refractivity contribution is 9.10. The number of anilines is 3. The molecule has 0 aliphatic heterocycles. The molecular weight excluding hydrogens is 334 g/mol. The number of carbonyl (C=O) groups excluding carboxylic acids is 1. The summed E-state index contributed by atoms with van der Waals surface area (Å²) in [6.07, 6.45) is 1.44. The summed E-state index contributed by atoms with van der Waals surface area (Å²) in [6.45, 7) is 4.04. The van der Waals surface area contributed by atoms with Crippen molar-refractivity contribution in [1.29, 1.82) is 0 Å². The minimum atomic E-state index is -0.455. The molecule has 110 valence electrons. The Morgan fingerprint density at radius 2 is 2.19 bits per heavy atom. The van der Waals surface area contributed by atoms with E-state index in [9.17, 15) is 4.79 Å². The lowest BCUT2D eigenvalue weighted by molar-refractivity contribution is 0.0527. The highest BCUT2D eigenvalue weighted by Crippen LogP contribution is 2.27. The van der Waals surface area contributed by atoms with E-state index in [2.05, 4.69) is 26.2 Å². The minimum Gasteiger partial charge on any atom is -0.462 e. The van der Waals surface area contributed by atoms with Gasteiger partial charge in [0.25, 0.3) is 0 Å². The summed E-state index contributed by atoms with van der Waals surface area (Å²) in [6, 6.07) is 7.51. The first kappa shape index (κ1) is 15.3. The van der Waals surface area contributed by atoms with Crippen LogP contribution in [0.5, 0.6) is 0 Å². The normalized spacial score (nSPS) is 10.2. The number of benzene rings is 1. The Hall–Kier alpha value is -2.08. The molecule has 21 heavy (non-hydrogen) atoms. The van der Waals surface area contributed by atoms with Crippen LogP contribution in [0.25, 0.3) is 0 Å². The number of hydrogen-bond acceptors (Lipinski definition) is 5. The Labute approximate surface area is 131 Å². The van der Waals surface area contributed by atoms with Gasteiger partial charge in [0.05, 0.1) is 29.7 Å². The molecule has 3 N–H and O–H groups in total.